The van der Waals surface area contributed by atoms with E-state index in [1.54, 1.807) is 0 Å². The lowest BCUT2D eigenvalue weighted by molar-refractivity contribution is -0.124. The van der Waals surface area contributed by atoms with E-state index in [2.05, 4.69) is 37.4 Å². The number of rotatable bonds is 29. The number of unbranched alkanes of at least 4 members (excludes halogenated alkanes) is 17. The van der Waals surface area contributed by atoms with Gasteiger partial charge >= 0.3 is 0 Å². The van der Waals surface area contributed by atoms with Crippen molar-refractivity contribution in [3.8, 4) is 0 Å². The molecule has 0 aromatic rings. The van der Waals surface area contributed by atoms with Crippen molar-refractivity contribution in [2.24, 2.45) is 0 Å². The Labute approximate surface area is 241 Å². The Morgan fingerprint density at radius 3 is 1.62 bits per heavy atom. The molecule has 5 heteroatoms. The summed E-state index contributed by atoms with van der Waals surface area (Å²) in [7, 11) is 0. The Hall–Kier alpha value is -1.17. The summed E-state index contributed by atoms with van der Waals surface area (Å²) >= 11 is 0. The molecule has 3 unspecified atom stereocenters. The van der Waals surface area contributed by atoms with Crippen LogP contribution in [0.15, 0.2) is 24.3 Å². The van der Waals surface area contributed by atoms with E-state index in [1.165, 1.54) is 96.3 Å². The number of hydrogen-bond donors (Lipinski definition) is 4. The highest BCUT2D eigenvalue weighted by atomic mass is 16.3. The minimum Gasteiger partial charge on any atom is -0.394 e. The maximum absolute atomic E-state index is 12.3. The fraction of sp³-hybridized carbons (Fsp3) is 0.853. The van der Waals surface area contributed by atoms with Gasteiger partial charge in [-0.1, -0.05) is 147 Å². The molecule has 0 aromatic carbocycles. The van der Waals surface area contributed by atoms with Crippen molar-refractivity contribution in [3.05, 3.63) is 24.3 Å². The molecule has 1 amide bonds. The van der Waals surface area contributed by atoms with Crippen LogP contribution in [-0.2, 0) is 4.79 Å². The van der Waals surface area contributed by atoms with Gasteiger partial charge in [0.15, 0.2) is 0 Å². The van der Waals surface area contributed by atoms with Gasteiger partial charge in [0, 0.05) is 6.42 Å². The topological polar surface area (TPSA) is 89.8 Å². The zero-order chi connectivity index (χ0) is 28.8. The molecule has 0 aliphatic heterocycles. The lowest BCUT2D eigenvalue weighted by Gasteiger charge is -2.26. The number of aliphatic hydroxyl groups is 3. The third-order valence-corrected chi connectivity index (χ3v) is 7.57. The van der Waals surface area contributed by atoms with Crippen molar-refractivity contribution >= 4 is 5.91 Å². The lowest BCUT2D eigenvalue weighted by atomic mass is 9.99. The van der Waals surface area contributed by atoms with Gasteiger partial charge in [-0.3, -0.25) is 4.79 Å². The number of aliphatic hydroxyl groups excluding tert-OH is 3. The van der Waals surface area contributed by atoms with Crippen LogP contribution < -0.4 is 5.32 Å². The van der Waals surface area contributed by atoms with Gasteiger partial charge in [-0.15, -0.1) is 0 Å². The van der Waals surface area contributed by atoms with Crippen LogP contribution >= 0.6 is 0 Å². The van der Waals surface area contributed by atoms with Crippen molar-refractivity contribution in [2.45, 2.75) is 180 Å². The summed E-state index contributed by atoms with van der Waals surface area (Å²) in [6, 6.07) is -0.835. The molecule has 0 aliphatic rings. The van der Waals surface area contributed by atoms with Crippen molar-refractivity contribution in [2.75, 3.05) is 6.61 Å². The second kappa shape index (κ2) is 29.8. The molecule has 0 aliphatic carbocycles. The summed E-state index contributed by atoms with van der Waals surface area (Å²) in [5.74, 6) is -0.214. The first-order chi connectivity index (χ1) is 19.1. The number of nitrogens with one attached hydrogen (secondary N) is 1. The van der Waals surface area contributed by atoms with Gasteiger partial charge in [0.05, 0.1) is 18.8 Å². The van der Waals surface area contributed by atoms with Gasteiger partial charge in [0.1, 0.15) is 6.10 Å². The van der Waals surface area contributed by atoms with E-state index in [0.29, 0.717) is 19.3 Å². The Morgan fingerprint density at radius 1 is 0.641 bits per heavy atom. The van der Waals surface area contributed by atoms with Crippen LogP contribution in [0, 0.1) is 0 Å². The highest BCUT2D eigenvalue weighted by Crippen LogP contribution is 2.15. The molecule has 0 fully saturated rings. The normalized spacial score (nSPS) is 14.3. The summed E-state index contributed by atoms with van der Waals surface area (Å²) in [5, 5.41) is 33.1. The van der Waals surface area contributed by atoms with E-state index in [0.717, 1.165) is 32.1 Å². The molecule has 0 heterocycles. The molecular weight excluding hydrogens is 486 g/mol. The van der Waals surface area contributed by atoms with Gasteiger partial charge < -0.3 is 20.6 Å². The highest BCUT2D eigenvalue weighted by Gasteiger charge is 2.26. The molecule has 3 atom stereocenters. The predicted molar refractivity (Wildman–Crippen MR) is 167 cm³/mol. The molecule has 4 N–H and O–H groups in total. The van der Waals surface area contributed by atoms with E-state index >= 15 is 0 Å². The van der Waals surface area contributed by atoms with Gasteiger partial charge in [-0.25, -0.2) is 0 Å². The fourth-order valence-corrected chi connectivity index (χ4v) is 4.92. The Kier molecular flexibility index (Phi) is 28.9. The Bertz CT molecular complexity index is 578. The van der Waals surface area contributed by atoms with Gasteiger partial charge in [0.2, 0.25) is 5.91 Å². The SMILES string of the molecule is CCCCCCCC/C=C\C/C=C\CCC(=O)NC(CO)C(O)C(O)CCCCCCCCCCCCCC. The monoisotopic (exact) mass is 551 g/mol. The van der Waals surface area contributed by atoms with Crippen LogP contribution in [0.4, 0.5) is 0 Å². The Balaban J connectivity index is 3.83. The maximum Gasteiger partial charge on any atom is 0.220 e. The molecule has 0 bridgehead atoms. The average molecular weight is 552 g/mol. The van der Waals surface area contributed by atoms with Crippen molar-refractivity contribution in [3.63, 3.8) is 0 Å². The second-order valence-corrected chi connectivity index (χ2v) is 11.4. The van der Waals surface area contributed by atoms with E-state index in [-0.39, 0.29) is 12.5 Å². The Morgan fingerprint density at radius 2 is 1.10 bits per heavy atom. The molecule has 0 radical (unpaired) electrons. The molecule has 39 heavy (non-hydrogen) atoms. The number of hydrogen-bond acceptors (Lipinski definition) is 4. The quantitative estimate of drug-likeness (QED) is 0.0556. The summed E-state index contributed by atoms with van der Waals surface area (Å²) in [6.07, 6.45) is 32.7. The number of carbonyl (C=O) groups excluding carboxylic acids is 1. The van der Waals surface area contributed by atoms with Crippen LogP contribution in [0.1, 0.15) is 162 Å². The van der Waals surface area contributed by atoms with Crippen molar-refractivity contribution in [1.82, 2.24) is 5.32 Å². The third kappa shape index (κ3) is 25.5. The molecular formula is C34H65NO4. The zero-order valence-electron chi connectivity index (χ0n) is 25.8. The number of allylic oxidation sites excluding steroid dienone is 4. The van der Waals surface area contributed by atoms with E-state index < -0.39 is 18.2 Å². The largest absolute Gasteiger partial charge is 0.394 e. The molecule has 0 saturated carbocycles. The van der Waals surface area contributed by atoms with Gasteiger partial charge in [-0.05, 0) is 32.1 Å². The molecule has 0 rings (SSSR count). The standard InChI is InChI=1S/C34H65NO4/c1-3-5-7-9-11-13-15-17-19-21-23-25-27-29-33(38)35-31(30-36)34(39)32(37)28-26-24-22-20-18-16-14-12-10-8-6-4-2/h17,19,23,25,31-32,34,36-37,39H,3-16,18,20-22,24,26-30H2,1-2H3,(H,35,38)/b19-17-,25-23-. The maximum atomic E-state index is 12.3. The third-order valence-electron chi connectivity index (χ3n) is 7.57. The molecule has 0 aromatic heterocycles. The van der Waals surface area contributed by atoms with Crippen molar-refractivity contribution in [1.29, 1.82) is 0 Å². The van der Waals surface area contributed by atoms with Crippen LogP contribution in [0.5, 0.6) is 0 Å². The summed E-state index contributed by atoms with van der Waals surface area (Å²) in [6.45, 7) is 4.11. The van der Waals surface area contributed by atoms with E-state index in [9.17, 15) is 20.1 Å². The van der Waals surface area contributed by atoms with Crippen LogP contribution in [0.2, 0.25) is 0 Å². The first kappa shape index (κ1) is 37.8. The van der Waals surface area contributed by atoms with Gasteiger partial charge in [-0.2, -0.15) is 0 Å². The summed E-state index contributed by atoms with van der Waals surface area (Å²) in [4.78, 5) is 12.3. The van der Waals surface area contributed by atoms with Crippen molar-refractivity contribution < 1.29 is 20.1 Å². The highest BCUT2D eigenvalue weighted by molar-refractivity contribution is 5.76. The van der Waals surface area contributed by atoms with Gasteiger partial charge in [0.25, 0.3) is 0 Å². The molecule has 230 valence electrons. The second-order valence-electron chi connectivity index (χ2n) is 11.4. The smallest absolute Gasteiger partial charge is 0.220 e. The van der Waals surface area contributed by atoms with Crippen LogP contribution in [-0.4, -0.2) is 46.1 Å². The number of amides is 1. The van der Waals surface area contributed by atoms with Crippen LogP contribution in [0.3, 0.4) is 0 Å². The first-order valence-electron chi connectivity index (χ1n) is 16.6. The van der Waals surface area contributed by atoms with E-state index in [4.69, 9.17) is 0 Å². The minimum atomic E-state index is -1.15. The predicted octanol–water partition coefficient (Wildman–Crippen LogP) is 8.31. The zero-order valence-corrected chi connectivity index (χ0v) is 25.8. The molecule has 5 nitrogen and oxygen atoms in total. The first-order valence-corrected chi connectivity index (χ1v) is 16.6. The average Bonchev–Trinajstić information content (AvgIpc) is 2.94. The summed E-state index contributed by atoms with van der Waals surface area (Å²) in [5.41, 5.74) is 0. The minimum absolute atomic E-state index is 0.214. The molecule has 0 saturated heterocycles. The molecule has 0 spiro atoms. The van der Waals surface area contributed by atoms with Crippen LogP contribution in [0.25, 0.3) is 0 Å². The lowest BCUT2D eigenvalue weighted by Crippen LogP contribution is -2.50. The van der Waals surface area contributed by atoms with E-state index in [1.807, 2.05) is 6.08 Å². The summed E-state index contributed by atoms with van der Waals surface area (Å²) < 4.78 is 0. The fourth-order valence-electron chi connectivity index (χ4n) is 4.92. The number of carbonyl (C=O) groups is 1.